The van der Waals surface area contributed by atoms with E-state index in [9.17, 15) is 4.79 Å². The van der Waals surface area contributed by atoms with E-state index < -0.39 is 0 Å². The fourth-order valence-electron chi connectivity index (χ4n) is 3.38. The van der Waals surface area contributed by atoms with Crippen molar-refractivity contribution in [3.8, 4) is 0 Å². The Morgan fingerprint density at radius 2 is 2.04 bits per heavy atom. The smallest absolute Gasteiger partial charge is 0.222 e. The number of hydrogen-bond acceptors (Lipinski definition) is 3. The quantitative estimate of drug-likeness (QED) is 0.795. The molecule has 0 aliphatic carbocycles. The predicted molar refractivity (Wildman–Crippen MR) is 102 cm³/mol. The molecule has 1 aromatic rings. The van der Waals surface area contributed by atoms with Crippen molar-refractivity contribution in [2.24, 2.45) is 0 Å². The minimum Gasteiger partial charge on any atom is -0.340 e. The molecule has 2 rings (SSSR count). The molecule has 1 amide bonds. The van der Waals surface area contributed by atoms with Gasteiger partial charge in [0.2, 0.25) is 5.91 Å². The molecule has 132 valence electrons. The highest BCUT2D eigenvalue weighted by atomic mass is 35.5. The number of hydrogen-bond donors (Lipinski definition) is 1. The van der Waals surface area contributed by atoms with Crippen LogP contribution in [0.15, 0.2) is 6.07 Å². The number of amides is 1. The third kappa shape index (κ3) is 6.09. The van der Waals surface area contributed by atoms with Gasteiger partial charge in [0.05, 0.1) is 0 Å². The number of aryl methyl sites for hydroxylation is 3. The standard InChI is InChI=1S/C18H30N2OS.ClH/c1-4-12-20(17-8-10-19-11-9-17)18(21)7-5-6-16-13-14(2)22-15(16)3;/h13,17,19H,4-12H2,1-3H3;1H. The van der Waals surface area contributed by atoms with Crippen LogP contribution in [-0.4, -0.2) is 36.5 Å². The van der Waals surface area contributed by atoms with Gasteiger partial charge in [-0.1, -0.05) is 6.92 Å². The summed E-state index contributed by atoms with van der Waals surface area (Å²) in [6, 6.07) is 2.74. The molecule has 1 aromatic heterocycles. The van der Waals surface area contributed by atoms with Crippen molar-refractivity contribution >= 4 is 29.7 Å². The lowest BCUT2D eigenvalue weighted by Gasteiger charge is -2.34. The lowest BCUT2D eigenvalue weighted by atomic mass is 10.0. The average molecular weight is 359 g/mol. The Hall–Kier alpha value is -0.580. The lowest BCUT2D eigenvalue weighted by molar-refractivity contribution is -0.134. The molecule has 5 heteroatoms. The molecular weight excluding hydrogens is 328 g/mol. The molecule has 0 saturated carbocycles. The lowest BCUT2D eigenvalue weighted by Crippen LogP contribution is -2.46. The first-order valence-corrected chi connectivity index (χ1v) is 9.49. The fourth-order valence-corrected chi connectivity index (χ4v) is 4.35. The van der Waals surface area contributed by atoms with Gasteiger partial charge in [-0.2, -0.15) is 0 Å². The minimum absolute atomic E-state index is 0. The van der Waals surface area contributed by atoms with Gasteiger partial charge in [-0.05, 0) is 70.7 Å². The summed E-state index contributed by atoms with van der Waals surface area (Å²) >= 11 is 1.86. The zero-order valence-corrected chi connectivity index (χ0v) is 16.3. The third-order valence-corrected chi connectivity index (χ3v) is 5.52. The largest absolute Gasteiger partial charge is 0.340 e. The van der Waals surface area contributed by atoms with E-state index in [0.29, 0.717) is 18.4 Å². The molecule has 0 unspecified atom stereocenters. The summed E-state index contributed by atoms with van der Waals surface area (Å²) < 4.78 is 0. The number of thiophene rings is 1. The molecule has 1 fully saturated rings. The highest BCUT2D eigenvalue weighted by Gasteiger charge is 2.24. The second kappa shape index (κ2) is 10.3. The highest BCUT2D eigenvalue weighted by molar-refractivity contribution is 7.12. The summed E-state index contributed by atoms with van der Waals surface area (Å²) in [6.07, 6.45) is 5.97. The monoisotopic (exact) mass is 358 g/mol. The van der Waals surface area contributed by atoms with E-state index in [-0.39, 0.29) is 12.4 Å². The van der Waals surface area contributed by atoms with Crippen molar-refractivity contribution in [2.75, 3.05) is 19.6 Å². The SMILES string of the molecule is CCCN(C(=O)CCCc1cc(C)sc1C)C1CCNCC1.Cl. The van der Waals surface area contributed by atoms with Crippen molar-refractivity contribution in [3.05, 3.63) is 21.4 Å². The van der Waals surface area contributed by atoms with Crippen molar-refractivity contribution in [1.29, 1.82) is 0 Å². The predicted octanol–water partition coefficient (Wildman–Crippen LogP) is 4.10. The van der Waals surface area contributed by atoms with Gasteiger partial charge >= 0.3 is 0 Å². The Labute approximate surface area is 151 Å². The van der Waals surface area contributed by atoms with Crippen LogP contribution in [0.25, 0.3) is 0 Å². The van der Waals surface area contributed by atoms with Crippen molar-refractivity contribution in [2.45, 2.75) is 65.3 Å². The summed E-state index contributed by atoms with van der Waals surface area (Å²) in [5.41, 5.74) is 1.43. The van der Waals surface area contributed by atoms with Gasteiger partial charge in [-0.3, -0.25) is 4.79 Å². The van der Waals surface area contributed by atoms with E-state index in [1.54, 1.807) is 0 Å². The van der Waals surface area contributed by atoms with Crippen LogP contribution in [0.5, 0.6) is 0 Å². The van der Waals surface area contributed by atoms with E-state index in [1.165, 1.54) is 15.3 Å². The van der Waals surface area contributed by atoms with Crippen LogP contribution in [0.1, 0.15) is 54.3 Å². The second-order valence-corrected chi connectivity index (χ2v) is 7.82. The number of halogens is 1. The van der Waals surface area contributed by atoms with Gasteiger partial charge in [0.25, 0.3) is 0 Å². The molecule has 23 heavy (non-hydrogen) atoms. The Bertz CT molecular complexity index is 483. The molecule has 0 atom stereocenters. The fraction of sp³-hybridized carbons (Fsp3) is 0.722. The van der Waals surface area contributed by atoms with Gasteiger partial charge in [0.1, 0.15) is 0 Å². The van der Waals surface area contributed by atoms with E-state index in [1.807, 2.05) is 11.3 Å². The van der Waals surface area contributed by atoms with Crippen LogP contribution >= 0.6 is 23.7 Å². The third-order valence-electron chi connectivity index (χ3n) is 4.51. The number of nitrogens with one attached hydrogen (secondary N) is 1. The number of carbonyl (C=O) groups is 1. The van der Waals surface area contributed by atoms with Crippen LogP contribution in [0.2, 0.25) is 0 Å². The minimum atomic E-state index is 0. The van der Waals surface area contributed by atoms with Crippen LogP contribution in [0.4, 0.5) is 0 Å². The summed E-state index contributed by atoms with van der Waals surface area (Å²) in [6.45, 7) is 9.52. The van der Waals surface area contributed by atoms with Crippen molar-refractivity contribution in [1.82, 2.24) is 10.2 Å². The second-order valence-electron chi connectivity index (χ2n) is 6.36. The van der Waals surface area contributed by atoms with E-state index >= 15 is 0 Å². The molecule has 0 spiro atoms. The molecule has 0 bridgehead atoms. The van der Waals surface area contributed by atoms with Gasteiger partial charge in [-0.25, -0.2) is 0 Å². The summed E-state index contributed by atoms with van der Waals surface area (Å²) in [7, 11) is 0. The Morgan fingerprint density at radius 3 is 2.61 bits per heavy atom. The zero-order valence-electron chi connectivity index (χ0n) is 14.7. The number of piperidine rings is 1. The molecule has 1 aliphatic heterocycles. The van der Waals surface area contributed by atoms with Gasteiger partial charge < -0.3 is 10.2 Å². The Kier molecular flexibility index (Phi) is 9.18. The van der Waals surface area contributed by atoms with Gasteiger partial charge in [0.15, 0.2) is 0 Å². The number of carbonyl (C=O) groups excluding carboxylic acids is 1. The maximum Gasteiger partial charge on any atom is 0.222 e. The molecular formula is C18H31ClN2OS. The van der Waals surface area contributed by atoms with E-state index in [2.05, 4.69) is 37.1 Å². The molecule has 1 N–H and O–H groups in total. The maximum atomic E-state index is 12.6. The molecule has 1 saturated heterocycles. The number of nitrogens with zero attached hydrogens (tertiary/aromatic N) is 1. The normalized spacial score (nSPS) is 15.3. The zero-order chi connectivity index (χ0) is 15.9. The van der Waals surface area contributed by atoms with Crippen LogP contribution < -0.4 is 5.32 Å². The molecule has 0 aromatic carbocycles. The Balaban J connectivity index is 0.00000264. The summed E-state index contributed by atoms with van der Waals surface area (Å²) in [5.74, 6) is 0.360. The van der Waals surface area contributed by atoms with Crippen molar-refractivity contribution < 1.29 is 4.79 Å². The summed E-state index contributed by atoms with van der Waals surface area (Å²) in [5, 5.41) is 3.39. The topological polar surface area (TPSA) is 32.3 Å². The first-order chi connectivity index (χ1) is 10.6. The summed E-state index contributed by atoms with van der Waals surface area (Å²) in [4.78, 5) is 17.6. The first kappa shape index (κ1) is 20.5. The molecule has 0 radical (unpaired) electrons. The van der Waals surface area contributed by atoms with Gasteiger partial charge in [0, 0.05) is 28.8 Å². The molecule has 1 aliphatic rings. The highest BCUT2D eigenvalue weighted by Crippen LogP contribution is 2.22. The van der Waals surface area contributed by atoms with Crippen LogP contribution in [0.3, 0.4) is 0 Å². The van der Waals surface area contributed by atoms with E-state index in [0.717, 1.165) is 51.7 Å². The van der Waals surface area contributed by atoms with Crippen LogP contribution in [0, 0.1) is 13.8 Å². The van der Waals surface area contributed by atoms with E-state index in [4.69, 9.17) is 0 Å². The average Bonchev–Trinajstić information content (AvgIpc) is 2.83. The van der Waals surface area contributed by atoms with Crippen molar-refractivity contribution in [3.63, 3.8) is 0 Å². The number of rotatable bonds is 7. The molecule has 2 heterocycles. The first-order valence-electron chi connectivity index (χ1n) is 8.68. The molecule has 3 nitrogen and oxygen atoms in total. The van der Waals surface area contributed by atoms with Gasteiger partial charge in [-0.15, -0.1) is 23.7 Å². The maximum absolute atomic E-state index is 12.6. The van der Waals surface area contributed by atoms with Crippen LogP contribution in [-0.2, 0) is 11.2 Å². The Morgan fingerprint density at radius 1 is 1.35 bits per heavy atom.